The smallest absolute Gasteiger partial charge is 1.00 e. The van der Waals surface area contributed by atoms with Gasteiger partial charge in [-0.15, -0.1) is 69.1 Å². The number of halogens is 2. The monoisotopic (exact) mass is 956 g/mol. The summed E-state index contributed by atoms with van der Waals surface area (Å²) in [6.07, 6.45) is 22.0. The van der Waals surface area contributed by atoms with Crippen molar-refractivity contribution in [3.05, 3.63) is 156 Å². The van der Waals surface area contributed by atoms with Crippen molar-refractivity contribution >= 4 is 27.0 Å². The Bertz CT molecular complexity index is 2280. The first kappa shape index (κ1) is 51.9. The minimum absolute atomic E-state index is 0. The van der Waals surface area contributed by atoms with Crippen LogP contribution in [-0.4, -0.2) is 5.43 Å². The fourth-order valence-electron chi connectivity index (χ4n) is 9.98. The summed E-state index contributed by atoms with van der Waals surface area (Å²) in [7, 11) is 0. The molecule has 2 unspecified atom stereocenters. The topological polar surface area (TPSA) is 0 Å². The van der Waals surface area contributed by atoms with Crippen LogP contribution in [0.3, 0.4) is 0 Å². The van der Waals surface area contributed by atoms with Crippen molar-refractivity contribution in [3.8, 4) is 22.3 Å². The number of fused-ring (bicyclic) bond motifs is 2. The molecule has 2 atom stereocenters. The molecule has 2 aliphatic rings. The molecule has 0 fully saturated rings. The second-order valence-electron chi connectivity index (χ2n) is 20.4. The molecule has 62 heavy (non-hydrogen) atoms. The van der Waals surface area contributed by atoms with Gasteiger partial charge in [0.15, 0.2) is 0 Å². The third-order valence-electron chi connectivity index (χ3n) is 13.4. The predicted octanol–water partition coefficient (Wildman–Crippen LogP) is 11.2. The van der Waals surface area contributed by atoms with Crippen LogP contribution in [0.1, 0.15) is 129 Å². The van der Waals surface area contributed by atoms with Gasteiger partial charge in [-0.2, -0.15) is 12.1 Å². The zero-order valence-electron chi connectivity index (χ0n) is 39.5. The number of allylic oxidation sites excluding steroid dienone is 4. The maximum atomic E-state index is 2.47. The minimum Gasteiger partial charge on any atom is -1.00 e. The normalized spacial score (nSPS) is 18.5. The van der Waals surface area contributed by atoms with Gasteiger partial charge in [-0.25, -0.2) is 0 Å². The number of hydrogen-bond donors (Lipinski definition) is 0. The summed E-state index contributed by atoms with van der Waals surface area (Å²) in [5, 5.41) is 5.58. The van der Waals surface area contributed by atoms with Crippen LogP contribution in [0.5, 0.6) is 0 Å². The Morgan fingerprint density at radius 3 is 1.21 bits per heavy atom. The maximum absolute atomic E-state index is 2.47. The van der Waals surface area contributed by atoms with Gasteiger partial charge in [-0.05, 0) is 108 Å². The van der Waals surface area contributed by atoms with Gasteiger partial charge in [0.2, 0.25) is 0 Å². The van der Waals surface area contributed by atoms with E-state index in [-0.39, 0.29) is 41.1 Å². The van der Waals surface area contributed by atoms with Gasteiger partial charge in [0.05, 0.1) is 0 Å². The molecule has 0 saturated carbocycles. The fourth-order valence-corrected chi connectivity index (χ4v) is 9.98. The first-order valence-corrected chi connectivity index (χ1v) is 29.1. The van der Waals surface area contributed by atoms with Crippen molar-refractivity contribution in [2.45, 2.75) is 144 Å². The molecular formula is C58H72Cl2SiZr-2. The van der Waals surface area contributed by atoms with E-state index < -0.39 is 0 Å². The van der Waals surface area contributed by atoms with Crippen LogP contribution in [-0.2, 0) is 47.0 Å². The molecule has 0 heterocycles. The second kappa shape index (κ2) is 22.4. The fraction of sp³-hybridized carbons (Fsp3) is 0.414. The van der Waals surface area contributed by atoms with Crippen LogP contribution < -0.4 is 24.8 Å². The molecule has 328 valence electrons. The summed E-state index contributed by atoms with van der Waals surface area (Å²) in [6.45, 7) is 23.2. The van der Waals surface area contributed by atoms with Crippen molar-refractivity contribution in [2.75, 3.05) is 0 Å². The quantitative estimate of drug-likeness (QED) is 0.0810. The molecule has 0 amide bonds. The summed E-state index contributed by atoms with van der Waals surface area (Å²) in [6, 6.07) is 41.3. The van der Waals surface area contributed by atoms with Crippen LogP contribution in [0.15, 0.2) is 133 Å². The number of benzene rings is 4. The summed E-state index contributed by atoms with van der Waals surface area (Å²) in [4.78, 5) is 0. The summed E-state index contributed by atoms with van der Waals surface area (Å²) < 4.78 is 0. The van der Waals surface area contributed by atoms with Crippen molar-refractivity contribution < 1.29 is 48.1 Å². The molecule has 4 heteroatoms. The molecule has 0 saturated heterocycles. The van der Waals surface area contributed by atoms with Crippen molar-refractivity contribution in [1.29, 1.82) is 0 Å². The van der Waals surface area contributed by atoms with Gasteiger partial charge in [0.1, 0.15) is 0 Å². The molecule has 6 aromatic rings. The van der Waals surface area contributed by atoms with E-state index in [1.54, 1.807) is 23.3 Å². The summed E-state index contributed by atoms with van der Waals surface area (Å²) in [5.74, 6) is 0. The van der Waals surface area contributed by atoms with E-state index in [0.29, 0.717) is 10.8 Å². The Labute approximate surface area is 404 Å². The third kappa shape index (κ3) is 12.7. The van der Waals surface area contributed by atoms with Gasteiger partial charge in [-0.3, -0.25) is 0 Å². The molecule has 0 spiro atoms. The SMILES string of the molecule is CCC1(Cc2cc3c(-c4ccccc4C(C)(C)C)cccc3[cH-]2)CC=CCC1.CCC1(Cc2cc3c(-c4ccccc4C(C)(C)C)cccc3[cH-]2)CC=CCC1.C[Si](C)=[Zr+2].[Cl-].[Cl-]. The van der Waals surface area contributed by atoms with E-state index in [1.165, 1.54) is 130 Å². The predicted molar refractivity (Wildman–Crippen MR) is 264 cm³/mol. The van der Waals surface area contributed by atoms with Gasteiger partial charge in [0.25, 0.3) is 0 Å². The van der Waals surface area contributed by atoms with Crippen molar-refractivity contribution in [3.63, 3.8) is 0 Å². The molecular weight excluding hydrogens is 887 g/mol. The zero-order valence-corrected chi connectivity index (χ0v) is 44.5. The summed E-state index contributed by atoms with van der Waals surface area (Å²) >= 11 is 1.74. The number of hydrogen-bond acceptors (Lipinski definition) is 0. The van der Waals surface area contributed by atoms with E-state index in [0.717, 1.165) is 0 Å². The average molecular weight is 959 g/mol. The zero-order chi connectivity index (χ0) is 43.1. The van der Waals surface area contributed by atoms with Gasteiger partial charge in [0, 0.05) is 0 Å². The van der Waals surface area contributed by atoms with Crippen LogP contribution in [0.2, 0.25) is 13.1 Å². The number of rotatable bonds is 8. The molecule has 8 rings (SSSR count). The Morgan fingerprint density at radius 2 is 0.887 bits per heavy atom. The molecule has 0 bridgehead atoms. The first-order valence-electron chi connectivity index (χ1n) is 23.0. The standard InChI is InChI=1S/2C28H33.C2H6Si.2ClH.Zr/c2*1-5-28(16-9-6-10-17-28)20-21-18-22-12-11-14-23(25(22)19-21)24-13-7-8-15-26(24)27(2,3)4;1-3-2;;;/h2*6-9,11-15,18-19H,5,10,16-17,20H2,1-4H3;1-2H3;2*1H;/q2*-1;;;;+2/p-2. The van der Waals surface area contributed by atoms with E-state index in [1.807, 2.05) is 0 Å². The van der Waals surface area contributed by atoms with E-state index in [2.05, 4.69) is 202 Å². The Balaban J connectivity index is 0.000000244. The molecule has 6 aromatic carbocycles. The Kier molecular flexibility index (Phi) is 18.8. The van der Waals surface area contributed by atoms with Gasteiger partial charge in [-0.1, -0.05) is 151 Å². The molecule has 0 N–H and O–H groups in total. The second-order valence-corrected chi connectivity index (χ2v) is 29.8. The maximum Gasteiger partial charge on any atom is -1.00 e. The van der Waals surface area contributed by atoms with Crippen LogP contribution in [0.25, 0.3) is 43.8 Å². The minimum atomic E-state index is 0. The largest absolute Gasteiger partial charge is 1.00 e. The van der Waals surface area contributed by atoms with E-state index >= 15 is 0 Å². The van der Waals surface area contributed by atoms with Crippen LogP contribution >= 0.6 is 0 Å². The molecule has 2 aliphatic carbocycles. The van der Waals surface area contributed by atoms with Crippen molar-refractivity contribution in [1.82, 2.24) is 0 Å². The van der Waals surface area contributed by atoms with Crippen LogP contribution in [0.4, 0.5) is 0 Å². The Hall–Kier alpha value is -2.74. The van der Waals surface area contributed by atoms with Gasteiger partial charge < -0.3 is 24.8 Å². The molecule has 0 radical (unpaired) electrons. The van der Waals surface area contributed by atoms with Crippen molar-refractivity contribution in [2.24, 2.45) is 10.8 Å². The van der Waals surface area contributed by atoms with E-state index in [9.17, 15) is 0 Å². The molecule has 0 aliphatic heterocycles. The van der Waals surface area contributed by atoms with Gasteiger partial charge >= 0.3 is 41.9 Å². The first-order chi connectivity index (χ1) is 28.6. The molecule has 0 aromatic heterocycles. The summed E-state index contributed by atoms with van der Waals surface area (Å²) in [5.41, 5.74) is 12.7. The Morgan fingerprint density at radius 1 is 0.532 bits per heavy atom. The average Bonchev–Trinajstić information content (AvgIpc) is 3.84. The van der Waals surface area contributed by atoms with E-state index in [4.69, 9.17) is 0 Å². The third-order valence-corrected chi connectivity index (χ3v) is 13.4. The van der Waals surface area contributed by atoms with Crippen LogP contribution in [0, 0.1) is 10.8 Å². The molecule has 0 nitrogen and oxygen atoms in total.